The van der Waals surface area contributed by atoms with Gasteiger partial charge in [0.1, 0.15) is 0 Å². The highest BCUT2D eigenvalue weighted by atomic mass is 15.0. The maximum atomic E-state index is 3.57. The predicted octanol–water partition coefficient (Wildman–Crippen LogP) is 3.03. The van der Waals surface area contributed by atoms with Gasteiger partial charge in [-0.2, -0.15) is 0 Å². The normalized spacial score (nSPS) is 17.2. The van der Waals surface area contributed by atoms with Crippen molar-refractivity contribution in [2.75, 3.05) is 13.1 Å². The van der Waals surface area contributed by atoms with E-state index in [0.29, 0.717) is 22.9 Å². The van der Waals surface area contributed by atoms with Crippen LogP contribution in [0.2, 0.25) is 0 Å². The molecule has 0 saturated heterocycles. The van der Waals surface area contributed by atoms with Crippen LogP contribution in [0.3, 0.4) is 0 Å². The Bertz CT molecular complexity index is 164. The number of rotatable bonds is 5. The quantitative estimate of drug-likeness (QED) is 0.707. The van der Waals surface area contributed by atoms with Crippen molar-refractivity contribution in [1.82, 2.24) is 10.6 Å². The van der Waals surface area contributed by atoms with E-state index in [-0.39, 0.29) is 0 Å². The summed E-state index contributed by atoms with van der Waals surface area (Å²) in [4.78, 5) is 0. The molecule has 2 unspecified atom stereocenters. The molecular weight excluding hydrogens is 196 g/mol. The fourth-order valence-corrected chi connectivity index (χ4v) is 1.19. The zero-order valence-corrected chi connectivity index (χ0v) is 12.6. The molecule has 2 heteroatoms. The first-order chi connectivity index (χ1) is 7.05. The van der Waals surface area contributed by atoms with Crippen molar-refractivity contribution in [2.45, 2.75) is 67.5 Å². The van der Waals surface area contributed by atoms with Gasteiger partial charge in [-0.3, -0.25) is 0 Å². The Hall–Kier alpha value is -0.0800. The van der Waals surface area contributed by atoms with Crippen LogP contribution in [0.15, 0.2) is 0 Å². The van der Waals surface area contributed by atoms with E-state index in [4.69, 9.17) is 0 Å². The van der Waals surface area contributed by atoms with Crippen molar-refractivity contribution in [3.63, 3.8) is 0 Å². The Balaban J connectivity index is 3.70. The molecule has 2 N–H and O–H groups in total. The van der Waals surface area contributed by atoms with Gasteiger partial charge >= 0.3 is 0 Å². The fourth-order valence-electron chi connectivity index (χ4n) is 1.19. The lowest BCUT2D eigenvalue weighted by Crippen LogP contribution is -2.44. The molecule has 0 aliphatic rings. The Labute approximate surface area is 103 Å². The molecule has 0 aliphatic heterocycles. The van der Waals surface area contributed by atoms with E-state index in [9.17, 15) is 0 Å². The first-order valence-corrected chi connectivity index (χ1v) is 6.52. The summed E-state index contributed by atoms with van der Waals surface area (Å²) in [5.74, 6) is 0. The molecule has 0 fully saturated rings. The molecular formula is C14H32N2. The van der Waals surface area contributed by atoms with Gasteiger partial charge in [-0.05, 0) is 24.7 Å². The average molecular weight is 228 g/mol. The minimum Gasteiger partial charge on any atom is -0.312 e. The highest BCUT2D eigenvalue weighted by molar-refractivity contribution is 4.78. The number of hydrogen-bond donors (Lipinski definition) is 2. The van der Waals surface area contributed by atoms with Crippen LogP contribution < -0.4 is 10.6 Å². The van der Waals surface area contributed by atoms with Crippen molar-refractivity contribution < 1.29 is 0 Å². The van der Waals surface area contributed by atoms with Gasteiger partial charge in [0.2, 0.25) is 0 Å². The predicted molar refractivity (Wildman–Crippen MR) is 73.8 cm³/mol. The second-order valence-corrected chi connectivity index (χ2v) is 7.08. The van der Waals surface area contributed by atoms with E-state index in [2.05, 4.69) is 66.0 Å². The Morgan fingerprint density at radius 3 is 1.12 bits per heavy atom. The molecule has 0 aromatic carbocycles. The molecule has 0 saturated carbocycles. The Morgan fingerprint density at radius 2 is 0.938 bits per heavy atom. The van der Waals surface area contributed by atoms with Crippen molar-refractivity contribution >= 4 is 0 Å². The third kappa shape index (κ3) is 6.49. The second kappa shape index (κ2) is 6.02. The van der Waals surface area contributed by atoms with Crippen LogP contribution in [0.5, 0.6) is 0 Å². The molecule has 0 amide bonds. The third-order valence-corrected chi connectivity index (χ3v) is 3.62. The standard InChI is InChI=1S/C14H32N2/c1-11(13(3,4)5)15-9-10-16-12(2)14(6,7)8/h11-12,15-16H,9-10H2,1-8H3. The summed E-state index contributed by atoms with van der Waals surface area (Å²) >= 11 is 0. The van der Waals surface area contributed by atoms with Gasteiger partial charge in [0.15, 0.2) is 0 Å². The Kier molecular flexibility index (Phi) is 5.99. The van der Waals surface area contributed by atoms with Crippen LogP contribution in [0, 0.1) is 10.8 Å². The molecule has 2 atom stereocenters. The minimum absolute atomic E-state index is 0.343. The molecule has 0 rings (SSSR count). The summed E-state index contributed by atoms with van der Waals surface area (Å²) in [5, 5.41) is 7.13. The largest absolute Gasteiger partial charge is 0.312 e. The summed E-state index contributed by atoms with van der Waals surface area (Å²) in [5.41, 5.74) is 0.686. The van der Waals surface area contributed by atoms with Crippen molar-refractivity contribution in [2.24, 2.45) is 10.8 Å². The van der Waals surface area contributed by atoms with E-state index < -0.39 is 0 Å². The van der Waals surface area contributed by atoms with Crippen LogP contribution >= 0.6 is 0 Å². The summed E-state index contributed by atoms with van der Waals surface area (Å²) in [6.07, 6.45) is 0. The molecule has 98 valence electrons. The van der Waals surface area contributed by atoms with Gasteiger partial charge in [-0.25, -0.2) is 0 Å². The van der Waals surface area contributed by atoms with Crippen LogP contribution in [-0.4, -0.2) is 25.2 Å². The molecule has 0 heterocycles. The summed E-state index contributed by atoms with van der Waals surface area (Å²) in [7, 11) is 0. The molecule has 0 aromatic rings. The van der Waals surface area contributed by atoms with Crippen LogP contribution in [0.25, 0.3) is 0 Å². The summed E-state index contributed by atoms with van der Waals surface area (Å²) in [6, 6.07) is 1.11. The molecule has 0 aromatic heterocycles. The lowest BCUT2D eigenvalue weighted by Gasteiger charge is -2.30. The molecule has 0 radical (unpaired) electrons. The molecule has 2 nitrogen and oxygen atoms in total. The number of hydrogen-bond acceptors (Lipinski definition) is 2. The zero-order valence-electron chi connectivity index (χ0n) is 12.6. The van der Waals surface area contributed by atoms with E-state index >= 15 is 0 Å². The first-order valence-electron chi connectivity index (χ1n) is 6.52. The van der Waals surface area contributed by atoms with Gasteiger partial charge in [-0.1, -0.05) is 41.5 Å². The Morgan fingerprint density at radius 1 is 0.688 bits per heavy atom. The lowest BCUT2D eigenvalue weighted by molar-refractivity contribution is 0.267. The number of nitrogens with one attached hydrogen (secondary N) is 2. The SMILES string of the molecule is CC(NCCNC(C)C(C)(C)C)C(C)(C)C. The monoisotopic (exact) mass is 228 g/mol. The van der Waals surface area contributed by atoms with E-state index in [1.807, 2.05) is 0 Å². The van der Waals surface area contributed by atoms with Gasteiger partial charge in [0, 0.05) is 25.2 Å². The van der Waals surface area contributed by atoms with Gasteiger partial charge in [0.05, 0.1) is 0 Å². The molecule has 0 spiro atoms. The molecule has 16 heavy (non-hydrogen) atoms. The maximum absolute atomic E-state index is 3.57. The third-order valence-electron chi connectivity index (χ3n) is 3.62. The van der Waals surface area contributed by atoms with E-state index in [1.165, 1.54) is 0 Å². The summed E-state index contributed by atoms with van der Waals surface area (Å²) < 4.78 is 0. The topological polar surface area (TPSA) is 24.1 Å². The minimum atomic E-state index is 0.343. The molecule has 0 bridgehead atoms. The van der Waals surface area contributed by atoms with Crippen LogP contribution in [0.1, 0.15) is 55.4 Å². The second-order valence-electron chi connectivity index (χ2n) is 7.08. The summed E-state index contributed by atoms with van der Waals surface area (Å²) in [6.45, 7) is 20.2. The van der Waals surface area contributed by atoms with E-state index in [0.717, 1.165) is 13.1 Å². The van der Waals surface area contributed by atoms with Crippen LogP contribution in [-0.2, 0) is 0 Å². The highest BCUT2D eigenvalue weighted by Crippen LogP contribution is 2.19. The van der Waals surface area contributed by atoms with E-state index in [1.54, 1.807) is 0 Å². The van der Waals surface area contributed by atoms with Gasteiger partial charge in [0.25, 0.3) is 0 Å². The van der Waals surface area contributed by atoms with Crippen LogP contribution in [0.4, 0.5) is 0 Å². The van der Waals surface area contributed by atoms with Crippen molar-refractivity contribution in [1.29, 1.82) is 0 Å². The highest BCUT2D eigenvalue weighted by Gasteiger charge is 2.20. The zero-order chi connectivity index (χ0) is 13.0. The maximum Gasteiger partial charge on any atom is 0.00878 e. The van der Waals surface area contributed by atoms with Gasteiger partial charge < -0.3 is 10.6 Å². The van der Waals surface area contributed by atoms with Gasteiger partial charge in [-0.15, -0.1) is 0 Å². The lowest BCUT2D eigenvalue weighted by atomic mass is 9.87. The average Bonchev–Trinajstić information content (AvgIpc) is 2.08. The first kappa shape index (κ1) is 15.9. The molecule has 0 aliphatic carbocycles. The fraction of sp³-hybridized carbons (Fsp3) is 1.00. The van der Waals surface area contributed by atoms with Crippen molar-refractivity contribution in [3.8, 4) is 0 Å². The van der Waals surface area contributed by atoms with Crippen molar-refractivity contribution in [3.05, 3.63) is 0 Å². The smallest absolute Gasteiger partial charge is 0.00878 e.